The van der Waals surface area contributed by atoms with E-state index in [1.165, 1.54) is 30.3 Å². The summed E-state index contributed by atoms with van der Waals surface area (Å²) >= 11 is 0. The van der Waals surface area contributed by atoms with Gasteiger partial charge in [-0.2, -0.15) is 13.2 Å². The molecule has 2 aromatic carbocycles. The van der Waals surface area contributed by atoms with Gasteiger partial charge in [-0.05, 0) is 24.3 Å². The molecule has 3 rings (SSSR count). The molecule has 25 heavy (non-hydrogen) atoms. The summed E-state index contributed by atoms with van der Waals surface area (Å²) in [6, 6.07) is 10.2. The minimum atomic E-state index is -4.51. The van der Waals surface area contributed by atoms with Crippen LogP contribution in [0.4, 0.5) is 23.2 Å². The van der Waals surface area contributed by atoms with Crippen LogP contribution in [0, 0.1) is 5.82 Å². The molecule has 1 N–H and O–H groups in total. The number of carbonyl (C=O) groups is 1. The molecule has 0 bridgehead atoms. The largest absolute Gasteiger partial charge is 0.416 e. The summed E-state index contributed by atoms with van der Waals surface area (Å²) in [7, 11) is 0. The van der Waals surface area contributed by atoms with Crippen LogP contribution < -0.4 is 5.32 Å². The topological polar surface area (TPSA) is 50.7 Å². The number of alkyl halides is 3. The Balaban J connectivity index is 1.67. The van der Waals surface area contributed by atoms with Crippen LogP contribution in [0.3, 0.4) is 0 Å². The van der Waals surface area contributed by atoms with Crippen molar-refractivity contribution in [3.63, 3.8) is 0 Å². The first kappa shape index (κ1) is 16.9. The molecule has 8 heteroatoms. The lowest BCUT2D eigenvalue weighted by atomic mass is 10.0. The molecule has 0 saturated heterocycles. The van der Waals surface area contributed by atoms with E-state index in [0.29, 0.717) is 0 Å². The fourth-order valence-corrected chi connectivity index (χ4v) is 2.37. The number of benzene rings is 2. The van der Waals surface area contributed by atoms with Gasteiger partial charge in [-0.15, -0.1) is 0 Å². The third kappa shape index (κ3) is 3.78. The normalized spacial score (nSPS) is 17.0. The van der Waals surface area contributed by atoms with Gasteiger partial charge >= 0.3 is 6.18 Å². The van der Waals surface area contributed by atoms with Crippen LogP contribution in [0.2, 0.25) is 0 Å². The van der Waals surface area contributed by atoms with Crippen molar-refractivity contribution in [2.45, 2.75) is 18.7 Å². The predicted octanol–water partition coefficient (Wildman–Crippen LogP) is 3.98. The Kier molecular flexibility index (Phi) is 4.43. The average Bonchev–Trinajstić information content (AvgIpc) is 3.04. The number of rotatable bonds is 3. The summed E-state index contributed by atoms with van der Waals surface area (Å²) in [5.74, 6) is -1.15. The van der Waals surface area contributed by atoms with Crippen molar-refractivity contribution in [2.24, 2.45) is 5.16 Å². The van der Waals surface area contributed by atoms with Crippen LogP contribution in [-0.4, -0.2) is 17.7 Å². The SMILES string of the molecule is O=C(Nc1cccc(C(F)(F)F)c1)C1CC(c2ccccc2F)=NO1. The number of oxime groups is 1. The van der Waals surface area contributed by atoms with Gasteiger partial charge in [0.2, 0.25) is 6.10 Å². The highest BCUT2D eigenvalue weighted by molar-refractivity contribution is 6.06. The van der Waals surface area contributed by atoms with E-state index in [2.05, 4.69) is 10.5 Å². The molecule has 1 heterocycles. The van der Waals surface area contributed by atoms with Gasteiger partial charge in [-0.1, -0.05) is 29.4 Å². The van der Waals surface area contributed by atoms with Crippen LogP contribution >= 0.6 is 0 Å². The van der Waals surface area contributed by atoms with Crippen LogP contribution in [-0.2, 0) is 15.8 Å². The average molecular weight is 352 g/mol. The molecule has 0 saturated carbocycles. The molecule has 0 fully saturated rings. The van der Waals surface area contributed by atoms with E-state index in [1.807, 2.05) is 0 Å². The van der Waals surface area contributed by atoms with Crippen molar-refractivity contribution < 1.29 is 27.2 Å². The molecule has 1 atom stereocenters. The van der Waals surface area contributed by atoms with Crippen molar-refractivity contribution in [3.8, 4) is 0 Å². The van der Waals surface area contributed by atoms with Crippen molar-refractivity contribution in [2.75, 3.05) is 5.32 Å². The Morgan fingerprint density at radius 1 is 1.16 bits per heavy atom. The number of nitrogens with zero attached hydrogens (tertiary/aromatic N) is 1. The van der Waals surface area contributed by atoms with Gasteiger partial charge < -0.3 is 10.2 Å². The fraction of sp³-hybridized carbons (Fsp3) is 0.176. The number of amides is 1. The highest BCUT2D eigenvalue weighted by atomic mass is 19.4. The second-order valence-electron chi connectivity index (χ2n) is 5.38. The molecule has 0 aromatic heterocycles. The van der Waals surface area contributed by atoms with Crippen LogP contribution in [0.5, 0.6) is 0 Å². The second-order valence-corrected chi connectivity index (χ2v) is 5.38. The molecule has 1 aliphatic rings. The highest BCUT2D eigenvalue weighted by Gasteiger charge is 2.32. The van der Waals surface area contributed by atoms with Crippen LogP contribution in [0.1, 0.15) is 17.5 Å². The van der Waals surface area contributed by atoms with E-state index in [0.717, 1.165) is 12.1 Å². The molecule has 0 radical (unpaired) electrons. The molecular weight excluding hydrogens is 340 g/mol. The molecule has 1 aliphatic heterocycles. The van der Waals surface area contributed by atoms with Gasteiger partial charge in [0.1, 0.15) is 5.82 Å². The maximum absolute atomic E-state index is 13.7. The number of nitrogens with one attached hydrogen (secondary N) is 1. The molecule has 130 valence electrons. The van der Waals surface area contributed by atoms with Crippen molar-refractivity contribution in [1.29, 1.82) is 0 Å². The molecule has 2 aromatic rings. The smallest absolute Gasteiger partial charge is 0.382 e. The zero-order chi connectivity index (χ0) is 18.0. The van der Waals surface area contributed by atoms with Gasteiger partial charge in [0.05, 0.1) is 11.3 Å². The zero-order valence-electron chi connectivity index (χ0n) is 12.7. The van der Waals surface area contributed by atoms with E-state index < -0.39 is 29.6 Å². The summed E-state index contributed by atoms with van der Waals surface area (Å²) in [5.41, 5.74) is -0.400. The Morgan fingerprint density at radius 3 is 2.64 bits per heavy atom. The first-order valence-electron chi connectivity index (χ1n) is 7.30. The van der Waals surface area contributed by atoms with Gasteiger partial charge in [-0.25, -0.2) is 4.39 Å². The minimum absolute atomic E-state index is 0.0113. The molecule has 1 amide bonds. The molecular formula is C17H12F4N2O2. The van der Waals surface area contributed by atoms with E-state index >= 15 is 0 Å². The van der Waals surface area contributed by atoms with Gasteiger partial charge in [-0.3, -0.25) is 4.79 Å². The highest BCUT2D eigenvalue weighted by Crippen LogP contribution is 2.31. The summed E-state index contributed by atoms with van der Waals surface area (Å²) in [5, 5.41) is 6.06. The lowest BCUT2D eigenvalue weighted by molar-refractivity contribution is -0.137. The number of halogens is 4. The molecule has 1 unspecified atom stereocenters. The Hall–Kier alpha value is -2.90. The van der Waals surface area contributed by atoms with Crippen LogP contribution in [0.15, 0.2) is 53.7 Å². The third-order valence-electron chi connectivity index (χ3n) is 3.60. The Labute approximate surface area is 140 Å². The van der Waals surface area contributed by atoms with E-state index in [9.17, 15) is 22.4 Å². The first-order valence-corrected chi connectivity index (χ1v) is 7.30. The minimum Gasteiger partial charge on any atom is -0.382 e. The van der Waals surface area contributed by atoms with Crippen molar-refractivity contribution in [1.82, 2.24) is 0 Å². The summed E-state index contributed by atoms with van der Waals surface area (Å²) in [6.07, 6.45) is -5.53. The zero-order valence-corrected chi connectivity index (χ0v) is 12.7. The Bertz CT molecular complexity index is 833. The first-order chi connectivity index (χ1) is 11.8. The lowest BCUT2D eigenvalue weighted by Crippen LogP contribution is -2.28. The summed E-state index contributed by atoms with van der Waals surface area (Å²) in [4.78, 5) is 17.1. The number of carbonyl (C=O) groups excluding carboxylic acids is 1. The molecule has 0 spiro atoms. The second kappa shape index (κ2) is 6.54. The number of hydrogen-bond acceptors (Lipinski definition) is 3. The van der Waals surface area contributed by atoms with Crippen LogP contribution in [0.25, 0.3) is 0 Å². The molecule has 0 aliphatic carbocycles. The lowest BCUT2D eigenvalue weighted by Gasteiger charge is -2.12. The predicted molar refractivity (Wildman–Crippen MR) is 82.5 cm³/mol. The fourth-order valence-electron chi connectivity index (χ4n) is 2.37. The number of hydrogen-bond donors (Lipinski definition) is 1. The van der Waals surface area contributed by atoms with Crippen molar-refractivity contribution in [3.05, 3.63) is 65.5 Å². The van der Waals surface area contributed by atoms with E-state index in [-0.39, 0.29) is 23.4 Å². The summed E-state index contributed by atoms with van der Waals surface area (Å²) in [6.45, 7) is 0. The molecule has 4 nitrogen and oxygen atoms in total. The third-order valence-corrected chi connectivity index (χ3v) is 3.60. The standard InChI is InChI=1S/C17H12F4N2O2/c18-13-7-2-1-6-12(13)14-9-15(25-23-14)16(24)22-11-5-3-4-10(8-11)17(19,20)21/h1-8,15H,9H2,(H,22,24). The van der Waals surface area contributed by atoms with Gasteiger partial charge in [0.15, 0.2) is 0 Å². The summed E-state index contributed by atoms with van der Waals surface area (Å²) < 4.78 is 51.8. The van der Waals surface area contributed by atoms with Gasteiger partial charge in [0, 0.05) is 17.7 Å². The Morgan fingerprint density at radius 2 is 1.92 bits per heavy atom. The van der Waals surface area contributed by atoms with Gasteiger partial charge in [0.25, 0.3) is 5.91 Å². The maximum atomic E-state index is 13.7. The maximum Gasteiger partial charge on any atom is 0.416 e. The monoisotopic (exact) mass is 352 g/mol. The van der Waals surface area contributed by atoms with Crippen molar-refractivity contribution >= 4 is 17.3 Å². The van der Waals surface area contributed by atoms with E-state index in [4.69, 9.17) is 4.84 Å². The number of anilines is 1. The quantitative estimate of drug-likeness (QED) is 0.850. The van der Waals surface area contributed by atoms with E-state index in [1.54, 1.807) is 6.07 Å².